The normalized spacial score (nSPS) is 21.2. The van der Waals surface area contributed by atoms with E-state index in [1.165, 1.54) is 12.1 Å². The van der Waals surface area contributed by atoms with Crippen LogP contribution in [0.2, 0.25) is 0 Å². The lowest BCUT2D eigenvalue weighted by atomic mass is 10.1. The van der Waals surface area contributed by atoms with Crippen molar-refractivity contribution in [2.75, 3.05) is 6.54 Å². The van der Waals surface area contributed by atoms with Crippen LogP contribution < -0.4 is 15.8 Å². The summed E-state index contributed by atoms with van der Waals surface area (Å²) in [7, 11) is -3.65. The van der Waals surface area contributed by atoms with Gasteiger partial charge in [0.1, 0.15) is 0 Å². The number of primary sulfonamides is 1. The first kappa shape index (κ1) is 14.0. The molecule has 104 valence electrons. The largest absolute Gasteiger partial charge is 0.354 e. The fraction of sp³-hybridized carbons (Fsp3) is 0.417. The van der Waals surface area contributed by atoms with Crippen molar-refractivity contribution < 1.29 is 13.2 Å². The molecule has 2 unspecified atom stereocenters. The number of sulfonamides is 1. The molecule has 2 atom stereocenters. The van der Waals surface area contributed by atoms with E-state index < -0.39 is 10.0 Å². The monoisotopic (exact) mass is 283 g/mol. The number of hydrogen-bond acceptors (Lipinski definition) is 4. The quantitative estimate of drug-likeness (QED) is 0.716. The van der Waals surface area contributed by atoms with Gasteiger partial charge < -0.3 is 10.6 Å². The first-order valence-electron chi connectivity index (χ1n) is 6.02. The molecule has 0 aromatic heterocycles. The molecule has 0 saturated carbocycles. The van der Waals surface area contributed by atoms with Gasteiger partial charge in [-0.15, -0.1) is 0 Å². The highest BCUT2D eigenvalue weighted by Crippen LogP contribution is 2.17. The van der Waals surface area contributed by atoms with Crippen molar-refractivity contribution in [3.05, 3.63) is 29.8 Å². The third-order valence-electron chi connectivity index (χ3n) is 3.17. The van der Waals surface area contributed by atoms with Crippen LogP contribution >= 0.6 is 0 Å². The molecule has 1 saturated heterocycles. The predicted molar refractivity (Wildman–Crippen MR) is 70.8 cm³/mol. The zero-order valence-electron chi connectivity index (χ0n) is 10.6. The van der Waals surface area contributed by atoms with E-state index in [1.54, 1.807) is 12.1 Å². The van der Waals surface area contributed by atoms with Crippen LogP contribution in [0.4, 0.5) is 0 Å². The van der Waals surface area contributed by atoms with Gasteiger partial charge in [0.15, 0.2) is 0 Å². The van der Waals surface area contributed by atoms with E-state index in [9.17, 15) is 13.2 Å². The number of nitrogens with one attached hydrogen (secondary N) is 2. The van der Waals surface area contributed by atoms with E-state index in [1.807, 2.05) is 6.92 Å². The first-order valence-corrected chi connectivity index (χ1v) is 7.56. The van der Waals surface area contributed by atoms with Gasteiger partial charge in [-0.25, -0.2) is 13.6 Å². The standard InChI is InChI=1S/C12H17N3O3S/c1-8(15-10-6-12(16)14-7-10)9-2-4-11(5-3-9)19(13,17)18/h2-5,8,10,15H,6-7H2,1H3,(H,14,16)(H2,13,17,18). The van der Waals surface area contributed by atoms with E-state index >= 15 is 0 Å². The lowest BCUT2D eigenvalue weighted by Crippen LogP contribution is -2.33. The summed E-state index contributed by atoms with van der Waals surface area (Å²) >= 11 is 0. The maximum absolute atomic E-state index is 11.1. The first-order chi connectivity index (χ1) is 8.86. The molecule has 1 aliphatic heterocycles. The second-order valence-corrected chi connectivity index (χ2v) is 6.27. The van der Waals surface area contributed by atoms with Gasteiger partial charge in [-0.05, 0) is 24.6 Å². The number of hydrogen-bond donors (Lipinski definition) is 3. The summed E-state index contributed by atoms with van der Waals surface area (Å²) in [6.07, 6.45) is 0.472. The Hall–Kier alpha value is -1.44. The Kier molecular flexibility index (Phi) is 3.88. The topological polar surface area (TPSA) is 101 Å². The smallest absolute Gasteiger partial charge is 0.238 e. The van der Waals surface area contributed by atoms with Gasteiger partial charge in [0.2, 0.25) is 15.9 Å². The zero-order chi connectivity index (χ0) is 14.0. The Morgan fingerprint density at radius 1 is 1.37 bits per heavy atom. The molecule has 2 rings (SSSR count). The summed E-state index contributed by atoms with van der Waals surface area (Å²) in [5, 5.41) is 11.1. The van der Waals surface area contributed by atoms with Crippen LogP contribution in [-0.4, -0.2) is 26.9 Å². The predicted octanol–water partition coefficient (Wildman–Crippen LogP) is -0.127. The van der Waals surface area contributed by atoms with E-state index in [4.69, 9.17) is 5.14 Å². The van der Waals surface area contributed by atoms with Gasteiger partial charge in [-0.1, -0.05) is 12.1 Å². The van der Waals surface area contributed by atoms with Crippen LogP contribution in [-0.2, 0) is 14.8 Å². The zero-order valence-corrected chi connectivity index (χ0v) is 11.4. The minimum Gasteiger partial charge on any atom is -0.354 e. The molecule has 0 spiro atoms. The molecule has 0 radical (unpaired) electrons. The fourth-order valence-corrected chi connectivity index (χ4v) is 2.63. The summed E-state index contributed by atoms with van der Waals surface area (Å²) in [5.74, 6) is 0.0503. The highest BCUT2D eigenvalue weighted by atomic mass is 32.2. The van der Waals surface area contributed by atoms with Gasteiger partial charge in [0.25, 0.3) is 0 Å². The lowest BCUT2D eigenvalue weighted by molar-refractivity contribution is -0.119. The number of amides is 1. The van der Waals surface area contributed by atoms with Crippen LogP contribution in [0.1, 0.15) is 24.9 Å². The van der Waals surface area contributed by atoms with Gasteiger partial charge in [0, 0.05) is 25.0 Å². The van der Waals surface area contributed by atoms with Crippen molar-refractivity contribution in [3.63, 3.8) is 0 Å². The summed E-state index contributed by atoms with van der Waals surface area (Å²) in [6, 6.07) is 6.57. The average molecular weight is 283 g/mol. The van der Waals surface area contributed by atoms with Crippen LogP contribution in [0.25, 0.3) is 0 Å². The van der Waals surface area contributed by atoms with Crippen molar-refractivity contribution in [2.24, 2.45) is 5.14 Å². The van der Waals surface area contributed by atoms with Crippen LogP contribution in [0, 0.1) is 0 Å². The molecule has 0 bridgehead atoms. The highest BCUT2D eigenvalue weighted by molar-refractivity contribution is 7.89. The highest BCUT2D eigenvalue weighted by Gasteiger charge is 2.22. The molecular weight excluding hydrogens is 266 g/mol. The SMILES string of the molecule is CC(NC1CNC(=O)C1)c1ccc(S(N)(=O)=O)cc1. The molecule has 19 heavy (non-hydrogen) atoms. The summed E-state index contributed by atoms with van der Waals surface area (Å²) < 4.78 is 22.3. The number of carbonyl (C=O) groups is 1. The third-order valence-corrected chi connectivity index (χ3v) is 4.10. The fourth-order valence-electron chi connectivity index (χ4n) is 2.12. The summed E-state index contributed by atoms with van der Waals surface area (Å²) in [4.78, 5) is 11.2. The molecule has 1 fully saturated rings. The van der Waals surface area contributed by atoms with Crippen molar-refractivity contribution in [2.45, 2.75) is 30.3 Å². The number of carbonyl (C=O) groups excluding carboxylic acids is 1. The molecule has 1 aromatic carbocycles. The van der Waals surface area contributed by atoms with Crippen molar-refractivity contribution in [1.82, 2.24) is 10.6 Å². The molecule has 7 heteroatoms. The lowest BCUT2D eigenvalue weighted by Gasteiger charge is -2.18. The minimum atomic E-state index is -3.65. The Labute approximate surface area is 112 Å². The molecule has 4 N–H and O–H groups in total. The van der Waals surface area contributed by atoms with Gasteiger partial charge in [-0.2, -0.15) is 0 Å². The Morgan fingerprint density at radius 2 is 2.00 bits per heavy atom. The van der Waals surface area contributed by atoms with Crippen LogP contribution in [0.15, 0.2) is 29.2 Å². The molecular formula is C12H17N3O3S. The van der Waals surface area contributed by atoms with E-state index in [2.05, 4.69) is 10.6 Å². The maximum atomic E-state index is 11.1. The maximum Gasteiger partial charge on any atom is 0.238 e. The number of rotatable bonds is 4. The van der Waals surface area contributed by atoms with Crippen molar-refractivity contribution in [1.29, 1.82) is 0 Å². The van der Waals surface area contributed by atoms with E-state index in [0.717, 1.165) is 5.56 Å². The summed E-state index contributed by atoms with van der Waals surface area (Å²) in [5.41, 5.74) is 0.951. The Morgan fingerprint density at radius 3 is 2.47 bits per heavy atom. The van der Waals surface area contributed by atoms with Crippen molar-refractivity contribution in [3.8, 4) is 0 Å². The van der Waals surface area contributed by atoms with Gasteiger partial charge in [-0.3, -0.25) is 4.79 Å². The molecule has 1 amide bonds. The van der Waals surface area contributed by atoms with Crippen molar-refractivity contribution >= 4 is 15.9 Å². The number of benzene rings is 1. The number of nitrogens with two attached hydrogens (primary N) is 1. The van der Waals surface area contributed by atoms with E-state index in [-0.39, 0.29) is 22.9 Å². The third kappa shape index (κ3) is 3.52. The molecule has 6 nitrogen and oxygen atoms in total. The second kappa shape index (κ2) is 5.28. The minimum absolute atomic E-state index is 0.0345. The van der Waals surface area contributed by atoms with Crippen LogP contribution in [0.3, 0.4) is 0 Å². The molecule has 1 aliphatic rings. The van der Waals surface area contributed by atoms with Crippen LogP contribution in [0.5, 0.6) is 0 Å². The molecule has 1 aromatic rings. The molecule has 1 heterocycles. The Bertz CT molecular complexity index is 568. The summed E-state index contributed by atoms with van der Waals surface area (Å²) in [6.45, 7) is 2.59. The Balaban J connectivity index is 2.03. The van der Waals surface area contributed by atoms with E-state index in [0.29, 0.717) is 13.0 Å². The molecule has 0 aliphatic carbocycles. The average Bonchev–Trinajstić information content (AvgIpc) is 2.74. The van der Waals surface area contributed by atoms with Gasteiger partial charge in [0.05, 0.1) is 4.90 Å². The second-order valence-electron chi connectivity index (χ2n) is 4.71. The van der Waals surface area contributed by atoms with Gasteiger partial charge >= 0.3 is 0 Å².